The normalized spacial score (nSPS) is 11.6. The van der Waals surface area contributed by atoms with Gasteiger partial charge in [-0.2, -0.15) is 0 Å². The zero-order valence-corrected chi connectivity index (χ0v) is 33.2. The maximum absolute atomic E-state index is 6.34. The molecule has 0 saturated heterocycles. The summed E-state index contributed by atoms with van der Waals surface area (Å²) in [5.74, 6) is 0. The zero-order chi connectivity index (χ0) is 40.3. The molecule has 0 amide bonds. The number of nitrogens with zero attached hydrogens (tertiary/aromatic N) is 2. The second-order valence-electron chi connectivity index (χ2n) is 15.7. The topological polar surface area (TPSA) is 21.3 Å². The van der Waals surface area contributed by atoms with Gasteiger partial charge < -0.3 is 13.9 Å². The summed E-state index contributed by atoms with van der Waals surface area (Å²) in [6, 6.07) is 83.1. The van der Waals surface area contributed by atoms with Crippen LogP contribution in [-0.4, -0.2) is 4.57 Å². The molecule has 0 N–H and O–H groups in total. The number of rotatable bonds is 7. The van der Waals surface area contributed by atoms with E-state index in [1.165, 1.54) is 43.7 Å². The van der Waals surface area contributed by atoms with Gasteiger partial charge in [0.15, 0.2) is 0 Å². The summed E-state index contributed by atoms with van der Waals surface area (Å²) in [6.07, 6.45) is 0. The molecule has 3 heteroatoms. The Morgan fingerprint density at radius 2 is 0.885 bits per heavy atom. The number of furan rings is 1. The van der Waals surface area contributed by atoms with Crippen LogP contribution in [-0.2, 0) is 0 Å². The summed E-state index contributed by atoms with van der Waals surface area (Å²) in [7, 11) is 0. The van der Waals surface area contributed by atoms with Gasteiger partial charge in [-0.15, -0.1) is 0 Å². The lowest BCUT2D eigenvalue weighted by Crippen LogP contribution is -2.10. The fourth-order valence-corrected chi connectivity index (χ4v) is 9.41. The summed E-state index contributed by atoms with van der Waals surface area (Å²) < 4.78 is 8.77. The highest BCUT2D eigenvalue weighted by molar-refractivity contribution is 6.10. The molecule has 0 aliphatic rings. The average Bonchev–Trinajstić information content (AvgIpc) is 3.87. The van der Waals surface area contributed by atoms with Crippen molar-refractivity contribution in [3.63, 3.8) is 0 Å². The Hall–Kier alpha value is -8.14. The number of hydrogen-bond donors (Lipinski definition) is 0. The van der Waals surface area contributed by atoms with E-state index >= 15 is 0 Å². The number of aromatic nitrogens is 1. The summed E-state index contributed by atoms with van der Waals surface area (Å²) >= 11 is 0. The Kier molecular flexibility index (Phi) is 8.17. The number of benzene rings is 10. The molecule has 2 aromatic heterocycles. The SMILES string of the molecule is c1ccc(N(c2ccc(-c3cccc4ccccc34)cc2)c2ccc(-c3ccccc3-n3c4ccccc4c4ccccc43)c(-c3ccc4oc5ccccc5c4c3)c2)cc1. The maximum atomic E-state index is 6.34. The summed E-state index contributed by atoms with van der Waals surface area (Å²) in [6.45, 7) is 0. The van der Waals surface area contributed by atoms with Gasteiger partial charge in [-0.3, -0.25) is 0 Å². The molecule has 12 rings (SSSR count). The van der Waals surface area contributed by atoms with E-state index in [1.54, 1.807) is 0 Å². The average molecular weight is 779 g/mol. The van der Waals surface area contributed by atoms with E-state index in [-0.39, 0.29) is 0 Å². The van der Waals surface area contributed by atoms with E-state index in [2.05, 4.69) is 228 Å². The summed E-state index contributed by atoms with van der Waals surface area (Å²) in [5.41, 5.74) is 15.5. The van der Waals surface area contributed by atoms with E-state index < -0.39 is 0 Å². The first kappa shape index (κ1) is 34.9. The summed E-state index contributed by atoms with van der Waals surface area (Å²) in [5, 5.41) is 7.19. The number of fused-ring (bicyclic) bond motifs is 7. The van der Waals surface area contributed by atoms with Crippen molar-refractivity contribution in [2.24, 2.45) is 0 Å². The molecule has 0 bridgehead atoms. The highest BCUT2D eigenvalue weighted by atomic mass is 16.3. The highest BCUT2D eigenvalue weighted by Crippen LogP contribution is 2.45. The van der Waals surface area contributed by atoms with E-state index in [0.717, 1.165) is 66.9 Å². The van der Waals surface area contributed by atoms with Crippen LogP contribution in [0.4, 0.5) is 17.1 Å². The fraction of sp³-hybridized carbons (Fsp3) is 0. The Labute approximate surface area is 353 Å². The number of hydrogen-bond acceptors (Lipinski definition) is 2. The lowest BCUT2D eigenvalue weighted by molar-refractivity contribution is 0.669. The van der Waals surface area contributed by atoms with E-state index in [0.29, 0.717) is 0 Å². The van der Waals surface area contributed by atoms with Crippen molar-refractivity contribution in [1.82, 2.24) is 4.57 Å². The Morgan fingerprint density at radius 3 is 1.69 bits per heavy atom. The third-order valence-electron chi connectivity index (χ3n) is 12.2. The molecular formula is C58H38N2O. The molecule has 0 radical (unpaired) electrons. The number of para-hydroxylation sites is 5. The van der Waals surface area contributed by atoms with Crippen LogP contribution in [0.2, 0.25) is 0 Å². The third-order valence-corrected chi connectivity index (χ3v) is 12.2. The van der Waals surface area contributed by atoms with E-state index in [4.69, 9.17) is 4.42 Å². The standard InChI is InChI=1S/C58H38N2O/c1-2-17-42(18-3-1)59(43-32-29-40(30-33-43)46-24-14-16-39-15-4-5-19-45(39)46)44-34-35-47(52(38-44)41-31-36-58-53(37-41)51-23-9-13-28-57(51)61-58)48-20-6-10-25-54(48)60-55-26-11-7-21-49(55)50-22-8-12-27-56(50)60/h1-38H. The molecular weight excluding hydrogens is 741 g/mol. The predicted molar refractivity (Wildman–Crippen MR) is 257 cm³/mol. The van der Waals surface area contributed by atoms with Gasteiger partial charge in [0.05, 0.1) is 16.7 Å². The van der Waals surface area contributed by atoms with Crippen molar-refractivity contribution in [2.45, 2.75) is 0 Å². The third kappa shape index (κ3) is 5.82. The minimum Gasteiger partial charge on any atom is -0.456 e. The minimum atomic E-state index is 0.880. The van der Waals surface area contributed by atoms with Crippen molar-refractivity contribution in [2.75, 3.05) is 4.90 Å². The quantitative estimate of drug-likeness (QED) is 0.161. The molecule has 10 aromatic carbocycles. The van der Waals surface area contributed by atoms with Gasteiger partial charge in [-0.1, -0.05) is 158 Å². The molecule has 0 saturated carbocycles. The van der Waals surface area contributed by atoms with E-state index in [9.17, 15) is 0 Å². The van der Waals surface area contributed by atoms with Gasteiger partial charge in [0.2, 0.25) is 0 Å². The van der Waals surface area contributed by atoms with Crippen molar-refractivity contribution < 1.29 is 4.42 Å². The molecule has 0 aliphatic heterocycles. The van der Waals surface area contributed by atoms with Gasteiger partial charge in [-0.25, -0.2) is 0 Å². The first-order chi connectivity index (χ1) is 30.3. The van der Waals surface area contributed by atoms with Crippen LogP contribution in [0.1, 0.15) is 0 Å². The molecule has 0 spiro atoms. The highest BCUT2D eigenvalue weighted by Gasteiger charge is 2.21. The lowest BCUT2D eigenvalue weighted by atomic mass is 9.91. The molecule has 0 unspecified atom stereocenters. The Morgan fingerprint density at radius 1 is 0.311 bits per heavy atom. The second-order valence-corrected chi connectivity index (χ2v) is 15.7. The van der Waals surface area contributed by atoms with E-state index in [1.807, 2.05) is 12.1 Å². The van der Waals surface area contributed by atoms with Gasteiger partial charge in [0.1, 0.15) is 11.2 Å². The number of anilines is 3. The van der Waals surface area contributed by atoms with Crippen molar-refractivity contribution in [3.05, 3.63) is 231 Å². The van der Waals surface area contributed by atoms with Gasteiger partial charge in [0.25, 0.3) is 0 Å². The minimum absolute atomic E-state index is 0.880. The molecule has 3 nitrogen and oxygen atoms in total. The van der Waals surface area contributed by atoms with Crippen LogP contribution >= 0.6 is 0 Å². The summed E-state index contributed by atoms with van der Waals surface area (Å²) in [4.78, 5) is 2.37. The molecule has 12 aromatic rings. The van der Waals surface area contributed by atoms with Crippen LogP contribution in [0.3, 0.4) is 0 Å². The Bertz CT molecular complexity index is 3540. The lowest BCUT2D eigenvalue weighted by Gasteiger charge is -2.27. The molecule has 286 valence electrons. The molecule has 0 aliphatic carbocycles. The second kappa shape index (κ2) is 14.3. The van der Waals surface area contributed by atoms with Crippen molar-refractivity contribution in [3.8, 4) is 39.1 Å². The molecule has 0 fully saturated rings. The molecule has 0 atom stereocenters. The van der Waals surface area contributed by atoms with Crippen molar-refractivity contribution >= 4 is 71.6 Å². The first-order valence-corrected chi connectivity index (χ1v) is 20.8. The largest absolute Gasteiger partial charge is 0.456 e. The van der Waals surface area contributed by atoms with Crippen LogP contribution in [0, 0.1) is 0 Å². The first-order valence-electron chi connectivity index (χ1n) is 20.8. The maximum Gasteiger partial charge on any atom is 0.135 e. The van der Waals surface area contributed by atoms with Gasteiger partial charge in [-0.05, 0) is 111 Å². The molecule has 2 heterocycles. The Balaban J connectivity index is 1.08. The van der Waals surface area contributed by atoms with Crippen LogP contribution in [0.25, 0.3) is 93.6 Å². The predicted octanol–water partition coefficient (Wildman–Crippen LogP) is 16.3. The monoisotopic (exact) mass is 778 g/mol. The van der Waals surface area contributed by atoms with Crippen LogP contribution in [0.5, 0.6) is 0 Å². The van der Waals surface area contributed by atoms with Gasteiger partial charge in [0, 0.05) is 44.2 Å². The fourth-order valence-electron chi connectivity index (χ4n) is 9.41. The van der Waals surface area contributed by atoms with Crippen LogP contribution in [0.15, 0.2) is 235 Å². The molecule has 61 heavy (non-hydrogen) atoms. The zero-order valence-electron chi connectivity index (χ0n) is 33.2. The van der Waals surface area contributed by atoms with Gasteiger partial charge >= 0.3 is 0 Å². The smallest absolute Gasteiger partial charge is 0.135 e. The van der Waals surface area contributed by atoms with Crippen molar-refractivity contribution in [1.29, 1.82) is 0 Å². The van der Waals surface area contributed by atoms with Crippen LogP contribution < -0.4 is 4.90 Å².